The van der Waals surface area contributed by atoms with E-state index in [-0.39, 0.29) is 5.91 Å². The minimum Gasteiger partial charge on any atom is -0.340 e. The first-order chi connectivity index (χ1) is 18.0. The molecule has 1 fully saturated rings. The summed E-state index contributed by atoms with van der Waals surface area (Å²) in [6.45, 7) is 5.87. The SMILES string of the molecule is CC(=O)N1CCN(Cc2ccc(NC(=S)Nc3ccc(Cl)c(-c4nccc5ccccc45)c3)cc2)CC1. The van der Waals surface area contributed by atoms with Crippen molar-refractivity contribution in [1.29, 1.82) is 0 Å². The highest BCUT2D eigenvalue weighted by atomic mass is 35.5. The van der Waals surface area contributed by atoms with Gasteiger partial charge in [0.05, 0.1) is 10.7 Å². The van der Waals surface area contributed by atoms with Gasteiger partial charge in [0.25, 0.3) is 0 Å². The summed E-state index contributed by atoms with van der Waals surface area (Å²) < 4.78 is 0. The van der Waals surface area contributed by atoms with Crippen molar-refractivity contribution in [1.82, 2.24) is 14.8 Å². The first-order valence-electron chi connectivity index (χ1n) is 12.2. The molecule has 1 aliphatic rings. The molecule has 1 amide bonds. The second-order valence-electron chi connectivity index (χ2n) is 9.13. The van der Waals surface area contributed by atoms with Crippen LogP contribution in [-0.4, -0.2) is 52.0 Å². The number of pyridine rings is 1. The number of benzene rings is 3. The third kappa shape index (κ3) is 6.07. The average molecular weight is 530 g/mol. The molecule has 0 unspecified atom stereocenters. The van der Waals surface area contributed by atoms with Crippen molar-refractivity contribution in [2.24, 2.45) is 0 Å². The molecule has 4 aromatic rings. The van der Waals surface area contributed by atoms with Gasteiger partial charge in [-0.25, -0.2) is 0 Å². The van der Waals surface area contributed by atoms with Gasteiger partial charge >= 0.3 is 0 Å². The molecule has 3 aromatic carbocycles. The lowest BCUT2D eigenvalue weighted by Crippen LogP contribution is -2.47. The van der Waals surface area contributed by atoms with Crippen LogP contribution in [0.3, 0.4) is 0 Å². The van der Waals surface area contributed by atoms with Gasteiger partial charge in [-0.05, 0) is 59.6 Å². The highest BCUT2D eigenvalue weighted by Crippen LogP contribution is 2.33. The van der Waals surface area contributed by atoms with Crippen molar-refractivity contribution in [3.63, 3.8) is 0 Å². The maximum absolute atomic E-state index is 11.5. The largest absolute Gasteiger partial charge is 0.340 e. The Morgan fingerprint density at radius 2 is 1.65 bits per heavy atom. The molecular weight excluding hydrogens is 502 g/mol. The number of rotatable bonds is 5. The summed E-state index contributed by atoms with van der Waals surface area (Å²) in [5.41, 5.74) is 4.65. The zero-order valence-electron chi connectivity index (χ0n) is 20.6. The Labute approximate surface area is 227 Å². The molecule has 0 bridgehead atoms. The minimum absolute atomic E-state index is 0.153. The van der Waals surface area contributed by atoms with Crippen molar-refractivity contribution in [3.8, 4) is 11.3 Å². The molecule has 8 heteroatoms. The summed E-state index contributed by atoms with van der Waals surface area (Å²) >= 11 is 12.1. The van der Waals surface area contributed by atoms with Crippen molar-refractivity contribution in [3.05, 3.63) is 89.6 Å². The van der Waals surface area contributed by atoms with Gasteiger partial charge in [-0.15, -0.1) is 0 Å². The lowest BCUT2D eigenvalue weighted by molar-refractivity contribution is -0.130. The molecule has 0 aliphatic carbocycles. The van der Waals surface area contributed by atoms with Crippen LogP contribution in [0.1, 0.15) is 12.5 Å². The maximum atomic E-state index is 11.5. The van der Waals surface area contributed by atoms with Crippen LogP contribution in [0.4, 0.5) is 11.4 Å². The number of amides is 1. The summed E-state index contributed by atoms with van der Waals surface area (Å²) in [4.78, 5) is 20.4. The van der Waals surface area contributed by atoms with Crippen LogP contribution >= 0.6 is 23.8 Å². The number of thiocarbonyl (C=S) groups is 1. The Morgan fingerprint density at radius 3 is 2.41 bits per heavy atom. The van der Waals surface area contributed by atoms with Crippen LogP contribution < -0.4 is 10.6 Å². The van der Waals surface area contributed by atoms with E-state index >= 15 is 0 Å². The van der Waals surface area contributed by atoms with Crippen molar-refractivity contribution in [2.75, 3.05) is 36.8 Å². The Balaban J connectivity index is 1.21. The number of hydrogen-bond donors (Lipinski definition) is 2. The molecule has 0 radical (unpaired) electrons. The molecule has 2 N–H and O–H groups in total. The number of fused-ring (bicyclic) bond motifs is 1. The van der Waals surface area contributed by atoms with Crippen molar-refractivity contribution < 1.29 is 4.79 Å². The molecule has 5 rings (SSSR count). The smallest absolute Gasteiger partial charge is 0.219 e. The minimum atomic E-state index is 0.153. The standard InChI is InChI=1S/C29H28ClN5OS/c1-20(36)35-16-14-34(15-17-35)19-21-6-8-23(9-7-21)32-29(37)33-24-10-11-27(30)26(18-24)28-25-5-3-2-4-22(25)12-13-31-28/h2-13,18H,14-17,19H2,1H3,(H2,32,33,37). The van der Waals surface area contributed by atoms with E-state index in [9.17, 15) is 4.79 Å². The van der Waals surface area contributed by atoms with E-state index in [1.54, 1.807) is 13.1 Å². The molecular formula is C29H28ClN5OS. The fourth-order valence-corrected chi connectivity index (χ4v) is 5.03. The Bertz CT molecular complexity index is 1430. The van der Waals surface area contributed by atoms with E-state index in [1.807, 2.05) is 53.4 Å². The van der Waals surface area contributed by atoms with Gasteiger partial charge in [-0.2, -0.15) is 0 Å². The van der Waals surface area contributed by atoms with Crippen LogP contribution in [0.2, 0.25) is 5.02 Å². The molecule has 37 heavy (non-hydrogen) atoms. The van der Waals surface area contributed by atoms with E-state index < -0.39 is 0 Å². The Morgan fingerprint density at radius 1 is 0.946 bits per heavy atom. The van der Waals surface area contributed by atoms with Gasteiger partial charge in [-0.3, -0.25) is 14.7 Å². The van der Waals surface area contributed by atoms with E-state index in [1.165, 1.54) is 5.56 Å². The summed E-state index contributed by atoms with van der Waals surface area (Å²) in [5, 5.41) is 9.80. The summed E-state index contributed by atoms with van der Waals surface area (Å²) in [7, 11) is 0. The van der Waals surface area contributed by atoms with Gasteiger partial charge in [0.15, 0.2) is 5.11 Å². The third-order valence-electron chi connectivity index (χ3n) is 6.59. The van der Waals surface area contributed by atoms with E-state index in [0.717, 1.165) is 66.1 Å². The van der Waals surface area contributed by atoms with Crippen LogP contribution in [0, 0.1) is 0 Å². The lowest BCUT2D eigenvalue weighted by Gasteiger charge is -2.34. The zero-order valence-corrected chi connectivity index (χ0v) is 22.1. The Kier molecular flexibility index (Phi) is 7.65. The highest BCUT2D eigenvalue weighted by molar-refractivity contribution is 7.80. The second kappa shape index (κ2) is 11.3. The second-order valence-corrected chi connectivity index (χ2v) is 9.95. The topological polar surface area (TPSA) is 60.5 Å². The highest BCUT2D eigenvalue weighted by Gasteiger charge is 2.18. The predicted octanol–water partition coefficient (Wildman–Crippen LogP) is 6.03. The Hall–Kier alpha value is -3.52. The zero-order chi connectivity index (χ0) is 25.8. The predicted molar refractivity (Wildman–Crippen MR) is 156 cm³/mol. The lowest BCUT2D eigenvalue weighted by atomic mass is 10.0. The van der Waals surface area contributed by atoms with Gasteiger partial charge in [0.1, 0.15) is 0 Å². The van der Waals surface area contributed by atoms with Crippen LogP contribution in [0.25, 0.3) is 22.0 Å². The number of carbonyl (C=O) groups excluding carboxylic acids is 1. The third-order valence-corrected chi connectivity index (χ3v) is 7.12. The maximum Gasteiger partial charge on any atom is 0.219 e. The van der Waals surface area contributed by atoms with Crippen molar-refractivity contribution in [2.45, 2.75) is 13.5 Å². The normalized spacial score (nSPS) is 13.9. The molecule has 1 aliphatic heterocycles. The van der Waals surface area contributed by atoms with Gasteiger partial charge in [-0.1, -0.05) is 48.0 Å². The van der Waals surface area contributed by atoms with Gasteiger partial charge in [0.2, 0.25) is 5.91 Å². The quantitative estimate of drug-likeness (QED) is 0.308. The van der Waals surface area contributed by atoms with Gasteiger partial charge < -0.3 is 15.5 Å². The first-order valence-corrected chi connectivity index (χ1v) is 13.0. The molecule has 0 spiro atoms. The molecule has 1 aromatic heterocycles. The molecule has 0 atom stereocenters. The number of aromatic nitrogens is 1. The number of nitrogens with one attached hydrogen (secondary N) is 2. The van der Waals surface area contributed by atoms with Crippen LogP contribution in [-0.2, 0) is 11.3 Å². The van der Waals surface area contributed by atoms with Gasteiger partial charge in [0, 0.05) is 68.2 Å². The molecule has 188 valence electrons. The van der Waals surface area contributed by atoms with E-state index in [2.05, 4.69) is 44.8 Å². The van der Waals surface area contributed by atoms with Crippen LogP contribution in [0.5, 0.6) is 0 Å². The fourth-order valence-electron chi connectivity index (χ4n) is 4.58. The van der Waals surface area contributed by atoms with E-state index in [0.29, 0.717) is 10.1 Å². The summed E-state index contributed by atoms with van der Waals surface area (Å²) in [5.74, 6) is 0.153. The summed E-state index contributed by atoms with van der Waals surface area (Å²) in [6.07, 6.45) is 1.80. The number of halogens is 1. The first kappa shape index (κ1) is 25.1. The fraction of sp³-hybridized carbons (Fsp3) is 0.207. The molecule has 6 nitrogen and oxygen atoms in total. The average Bonchev–Trinajstić information content (AvgIpc) is 2.91. The number of hydrogen-bond acceptors (Lipinski definition) is 4. The number of piperazine rings is 1. The van der Waals surface area contributed by atoms with E-state index in [4.69, 9.17) is 23.8 Å². The molecule has 1 saturated heterocycles. The molecule has 0 saturated carbocycles. The summed E-state index contributed by atoms with van der Waals surface area (Å²) in [6, 6.07) is 24.1. The number of nitrogens with zero attached hydrogens (tertiary/aromatic N) is 3. The number of anilines is 2. The van der Waals surface area contributed by atoms with Crippen molar-refractivity contribution >= 4 is 57.0 Å². The number of carbonyl (C=O) groups is 1. The van der Waals surface area contributed by atoms with Crippen LogP contribution in [0.15, 0.2) is 79.0 Å². The molecule has 2 heterocycles. The monoisotopic (exact) mass is 529 g/mol.